The lowest BCUT2D eigenvalue weighted by atomic mass is 10.3. The van der Waals surface area contributed by atoms with E-state index in [0.29, 0.717) is 13.1 Å². The molecule has 0 spiro atoms. The maximum atomic E-state index is 13.2. The van der Waals surface area contributed by atoms with Gasteiger partial charge in [0.05, 0.1) is 23.0 Å². The number of benzene rings is 1. The number of hydrogen-bond donors (Lipinski definition) is 0. The van der Waals surface area contributed by atoms with Crippen LogP contribution in [0, 0.1) is 5.82 Å². The second kappa shape index (κ2) is 7.47. The third-order valence-corrected chi connectivity index (χ3v) is 6.47. The van der Waals surface area contributed by atoms with Crippen LogP contribution in [0.15, 0.2) is 23.1 Å². The van der Waals surface area contributed by atoms with Gasteiger partial charge in [0.2, 0.25) is 15.9 Å². The molecule has 2 amide bonds. The van der Waals surface area contributed by atoms with Gasteiger partial charge in [-0.1, -0.05) is 11.6 Å². The number of sulfonamides is 1. The van der Waals surface area contributed by atoms with Gasteiger partial charge in [0.25, 0.3) is 0 Å². The molecule has 0 saturated carbocycles. The molecule has 2 aliphatic rings. The minimum absolute atomic E-state index is 0.0192. The smallest absolute Gasteiger partial charge is 0.416 e. The number of rotatable bonds is 4. The fourth-order valence-corrected chi connectivity index (χ4v) is 4.51. The number of amides is 2. The molecule has 26 heavy (non-hydrogen) atoms. The average Bonchev–Trinajstić information content (AvgIpc) is 3.04. The Bertz CT molecular complexity index is 827. The van der Waals surface area contributed by atoms with Crippen molar-refractivity contribution in [2.24, 2.45) is 0 Å². The molecule has 11 heteroatoms. The van der Waals surface area contributed by atoms with E-state index in [2.05, 4.69) is 0 Å². The van der Waals surface area contributed by atoms with Crippen molar-refractivity contribution in [1.29, 1.82) is 0 Å². The van der Waals surface area contributed by atoms with Crippen LogP contribution in [0.1, 0.15) is 0 Å². The summed E-state index contributed by atoms with van der Waals surface area (Å²) in [4.78, 5) is 26.2. The van der Waals surface area contributed by atoms with Gasteiger partial charge in [-0.25, -0.2) is 22.5 Å². The number of hydrogen-bond acceptors (Lipinski definition) is 6. The lowest BCUT2D eigenvalue weighted by Gasteiger charge is -2.33. The fourth-order valence-electron chi connectivity index (χ4n) is 2.81. The number of halogens is 2. The van der Waals surface area contributed by atoms with Crippen LogP contribution < -0.4 is 0 Å². The van der Waals surface area contributed by atoms with E-state index in [1.165, 1.54) is 10.4 Å². The number of piperazine rings is 1. The molecule has 2 heterocycles. The number of carbonyl (C=O) groups is 2. The highest BCUT2D eigenvalue weighted by Gasteiger charge is 2.32. The van der Waals surface area contributed by atoms with Crippen molar-refractivity contribution >= 4 is 33.6 Å². The summed E-state index contributed by atoms with van der Waals surface area (Å²) in [6, 6.07) is 3.27. The number of carbonyl (C=O) groups excluding carboxylic acids is 2. The zero-order valence-electron chi connectivity index (χ0n) is 13.7. The zero-order chi connectivity index (χ0) is 18.9. The van der Waals surface area contributed by atoms with E-state index in [1.54, 1.807) is 4.90 Å². The summed E-state index contributed by atoms with van der Waals surface area (Å²) in [5.41, 5.74) is 0. The standard InChI is InChI=1S/C15H17ClFN3O5S/c16-12-9-11(1-2-13(12)17)26(23,24)19-5-3-18(4-6-19)10-14(21)20-7-8-25-15(20)22/h1-2,9H,3-8,10H2. The lowest BCUT2D eigenvalue weighted by Crippen LogP contribution is -2.51. The van der Waals surface area contributed by atoms with Gasteiger partial charge >= 0.3 is 6.09 Å². The first-order valence-electron chi connectivity index (χ1n) is 7.94. The molecule has 0 bridgehead atoms. The Morgan fingerprint density at radius 3 is 2.46 bits per heavy atom. The molecule has 0 unspecified atom stereocenters. The highest BCUT2D eigenvalue weighted by Crippen LogP contribution is 2.23. The molecule has 0 radical (unpaired) electrons. The van der Waals surface area contributed by atoms with Crippen LogP contribution in [0.3, 0.4) is 0 Å². The summed E-state index contributed by atoms with van der Waals surface area (Å²) < 4.78 is 44.5. The number of ether oxygens (including phenoxy) is 1. The maximum absolute atomic E-state index is 13.2. The van der Waals surface area contributed by atoms with E-state index in [0.717, 1.165) is 17.0 Å². The first-order chi connectivity index (χ1) is 12.3. The van der Waals surface area contributed by atoms with Crippen molar-refractivity contribution in [3.63, 3.8) is 0 Å². The molecule has 0 aromatic heterocycles. The first kappa shape index (κ1) is 19.0. The van der Waals surface area contributed by atoms with Crippen molar-refractivity contribution in [1.82, 2.24) is 14.1 Å². The summed E-state index contributed by atoms with van der Waals surface area (Å²) in [6.07, 6.45) is -0.649. The van der Waals surface area contributed by atoms with Gasteiger partial charge in [0, 0.05) is 26.2 Å². The van der Waals surface area contributed by atoms with Crippen LogP contribution >= 0.6 is 11.6 Å². The molecule has 3 rings (SSSR count). The van der Waals surface area contributed by atoms with Gasteiger partial charge < -0.3 is 4.74 Å². The van der Waals surface area contributed by atoms with Crippen LogP contribution in [0.5, 0.6) is 0 Å². The van der Waals surface area contributed by atoms with Crippen molar-refractivity contribution < 1.29 is 27.1 Å². The Kier molecular flexibility index (Phi) is 5.47. The van der Waals surface area contributed by atoms with E-state index < -0.39 is 21.9 Å². The third kappa shape index (κ3) is 3.83. The van der Waals surface area contributed by atoms with Crippen LogP contribution in [-0.4, -0.2) is 80.4 Å². The molecule has 0 aliphatic carbocycles. The Morgan fingerprint density at radius 2 is 1.88 bits per heavy atom. The van der Waals surface area contributed by atoms with Crippen LogP contribution in [0.4, 0.5) is 9.18 Å². The molecule has 1 aromatic carbocycles. The largest absolute Gasteiger partial charge is 0.447 e. The molecular formula is C15H17ClFN3O5S. The molecular weight excluding hydrogens is 389 g/mol. The highest BCUT2D eigenvalue weighted by molar-refractivity contribution is 7.89. The Hall–Kier alpha value is -1.75. The lowest BCUT2D eigenvalue weighted by molar-refractivity contribution is -0.129. The molecule has 1 aromatic rings. The molecule has 0 atom stereocenters. The summed E-state index contributed by atoms with van der Waals surface area (Å²) in [5, 5.41) is -0.257. The van der Waals surface area contributed by atoms with Crippen LogP contribution in [0.25, 0.3) is 0 Å². The van der Waals surface area contributed by atoms with Crippen molar-refractivity contribution in [2.75, 3.05) is 45.9 Å². The predicted molar refractivity (Wildman–Crippen MR) is 89.7 cm³/mol. The van der Waals surface area contributed by atoms with E-state index >= 15 is 0 Å². The fraction of sp³-hybridized carbons (Fsp3) is 0.467. The van der Waals surface area contributed by atoms with Gasteiger partial charge in [-0.3, -0.25) is 9.69 Å². The zero-order valence-corrected chi connectivity index (χ0v) is 15.3. The minimum atomic E-state index is -3.79. The van der Waals surface area contributed by atoms with Gasteiger partial charge in [-0.2, -0.15) is 4.31 Å². The molecule has 2 saturated heterocycles. The molecule has 2 aliphatic heterocycles. The van der Waals surface area contributed by atoms with Crippen molar-refractivity contribution in [2.45, 2.75) is 4.90 Å². The number of imide groups is 1. The number of cyclic esters (lactones) is 1. The molecule has 142 valence electrons. The molecule has 0 N–H and O–H groups in total. The second-order valence-corrected chi connectivity index (χ2v) is 8.26. The molecule has 8 nitrogen and oxygen atoms in total. The summed E-state index contributed by atoms with van der Waals surface area (Å²) in [5.74, 6) is -1.05. The Morgan fingerprint density at radius 1 is 1.19 bits per heavy atom. The third-order valence-electron chi connectivity index (χ3n) is 4.28. The van der Waals surface area contributed by atoms with Crippen LogP contribution in [0.2, 0.25) is 5.02 Å². The van der Waals surface area contributed by atoms with Gasteiger partial charge in [0.1, 0.15) is 12.4 Å². The summed E-state index contributed by atoms with van der Waals surface area (Å²) in [7, 11) is -3.79. The SMILES string of the molecule is O=C(CN1CCN(S(=O)(=O)c2ccc(F)c(Cl)c2)CC1)N1CCOC1=O. The van der Waals surface area contributed by atoms with E-state index in [9.17, 15) is 22.4 Å². The topological polar surface area (TPSA) is 87.2 Å². The Balaban J connectivity index is 1.60. The summed E-state index contributed by atoms with van der Waals surface area (Å²) >= 11 is 5.67. The van der Waals surface area contributed by atoms with Gasteiger partial charge in [-0.15, -0.1) is 0 Å². The summed E-state index contributed by atoms with van der Waals surface area (Å²) in [6.45, 7) is 1.47. The van der Waals surface area contributed by atoms with Crippen molar-refractivity contribution in [3.8, 4) is 0 Å². The number of nitrogens with zero attached hydrogens (tertiary/aromatic N) is 3. The Labute approximate surface area is 155 Å². The molecule has 2 fully saturated rings. The maximum Gasteiger partial charge on any atom is 0.416 e. The quantitative estimate of drug-likeness (QED) is 0.735. The second-order valence-electron chi connectivity index (χ2n) is 5.92. The van der Waals surface area contributed by atoms with E-state index in [1.807, 2.05) is 0 Å². The first-order valence-corrected chi connectivity index (χ1v) is 9.75. The van der Waals surface area contributed by atoms with Gasteiger partial charge in [-0.05, 0) is 18.2 Å². The van der Waals surface area contributed by atoms with E-state index in [-0.39, 0.29) is 48.6 Å². The monoisotopic (exact) mass is 405 g/mol. The normalized spacial score (nSPS) is 19.6. The predicted octanol–water partition coefficient (Wildman–Crippen LogP) is 0.764. The van der Waals surface area contributed by atoms with Crippen molar-refractivity contribution in [3.05, 3.63) is 29.0 Å². The highest BCUT2D eigenvalue weighted by atomic mass is 35.5. The van der Waals surface area contributed by atoms with Gasteiger partial charge in [0.15, 0.2) is 0 Å². The minimum Gasteiger partial charge on any atom is -0.447 e. The van der Waals surface area contributed by atoms with Crippen LogP contribution in [-0.2, 0) is 19.6 Å². The average molecular weight is 406 g/mol. The van der Waals surface area contributed by atoms with E-state index in [4.69, 9.17) is 16.3 Å².